The lowest BCUT2D eigenvalue weighted by atomic mass is 10.2. The van der Waals surface area contributed by atoms with Crippen LogP contribution in [0.25, 0.3) is 0 Å². The second-order valence-electron chi connectivity index (χ2n) is 4.37. The van der Waals surface area contributed by atoms with Crippen LogP contribution in [-0.4, -0.2) is 18.3 Å². The largest absolute Gasteiger partial charge is 0.313 e. The van der Waals surface area contributed by atoms with E-state index in [-0.39, 0.29) is 0 Å². The van der Waals surface area contributed by atoms with Gasteiger partial charge in [0.05, 0.1) is 0 Å². The molecular formula is C13H19NS. The van der Waals surface area contributed by atoms with Crippen LogP contribution in [0, 0.1) is 13.8 Å². The standard InChI is InChI=1S/C13H19NS/c1-10-5-6-11(2)13(8-10)15-9-12-4-3-7-14-12/h5-6,8,12,14H,3-4,7,9H2,1-2H3/t12-/m0/s1. The van der Waals surface area contributed by atoms with E-state index in [1.165, 1.54) is 41.2 Å². The zero-order valence-electron chi connectivity index (χ0n) is 9.55. The quantitative estimate of drug-likeness (QED) is 0.787. The molecule has 1 saturated heterocycles. The molecule has 0 radical (unpaired) electrons. The van der Waals surface area contributed by atoms with E-state index in [1.807, 2.05) is 11.8 Å². The molecule has 0 saturated carbocycles. The first-order chi connectivity index (χ1) is 7.25. The lowest BCUT2D eigenvalue weighted by Gasteiger charge is -2.11. The van der Waals surface area contributed by atoms with Gasteiger partial charge in [0.1, 0.15) is 0 Å². The Bertz CT molecular complexity index is 329. The Kier molecular flexibility index (Phi) is 3.71. The van der Waals surface area contributed by atoms with Crippen molar-refractivity contribution >= 4 is 11.8 Å². The van der Waals surface area contributed by atoms with Gasteiger partial charge in [0.25, 0.3) is 0 Å². The molecule has 15 heavy (non-hydrogen) atoms. The predicted octanol–water partition coefficient (Wildman–Crippen LogP) is 3.15. The van der Waals surface area contributed by atoms with Crippen molar-refractivity contribution in [3.8, 4) is 0 Å². The molecule has 1 nitrogen and oxygen atoms in total. The van der Waals surface area contributed by atoms with Gasteiger partial charge >= 0.3 is 0 Å². The number of nitrogens with one attached hydrogen (secondary N) is 1. The number of hydrogen-bond donors (Lipinski definition) is 1. The fourth-order valence-corrected chi connectivity index (χ4v) is 3.18. The molecule has 1 N–H and O–H groups in total. The molecule has 0 amide bonds. The van der Waals surface area contributed by atoms with Crippen LogP contribution in [0.1, 0.15) is 24.0 Å². The van der Waals surface area contributed by atoms with Gasteiger partial charge in [0.15, 0.2) is 0 Å². The second-order valence-corrected chi connectivity index (χ2v) is 5.44. The summed E-state index contributed by atoms with van der Waals surface area (Å²) in [5, 5.41) is 3.54. The van der Waals surface area contributed by atoms with E-state index in [2.05, 4.69) is 37.4 Å². The van der Waals surface area contributed by atoms with Gasteiger partial charge in [-0.15, -0.1) is 11.8 Å². The average molecular weight is 221 g/mol. The summed E-state index contributed by atoms with van der Waals surface area (Å²) in [6.45, 7) is 5.57. The van der Waals surface area contributed by atoms with Gasteiger partial charge in [-0.3, -0.25) is 0 Å². The normalized spacial score (nSPS) is 20.8. The molecule has 2 heteroatoms. The number of thioether (sulfide) groups is 1. The lowest BCUT2D eigenvalue weighted by molar-refractivity contribution is 0.674. The summed E-state index contributed by atoms with van der Waals surface area (Å²) in [5.41, 5.74) is 2.77. The van der Waals surface area contributed by atoms with Crippen molar-refractivity contribution in [3.05, 3.63) is 29.3 Å². The summed E-state index contributed by atoms with van der Waals surface area (Å²) in [6, 6.07) is 7.44. The summed E-state index contributed by atoms with van der Waals surface area (Å²) in [5.74, 6) is 1.21. The Morgan fingerprint density at radius 1 is 1.40 bits per heavy atom. The summed E-state index contributed by atoms with van der Waals surface area (Å²) in [7, 11) is 0. The molecular weight excluding hydrogens is 202 g/mol. The SMILES string of the molecule is Cc1ccc(C)c(SC[C@@H]2CCCN2)c1. The molecule has 2 rings (SSSR count). The van der Waals surface area contributed by atoms with Crippen LogP contribution in [0.15, 0.2) is 23.1 Å². The monoisotopic (exact) mass is 221 g/mol. The van der Waals surface area contributed by atoms with Crippen molar-refractivity contribution in [3.63, 3.8) is 0 Å². The van der Waals surface area contributed by atoms with Crippen molar-refractivity contribution in [2.24, 2.45) is 0 Å². The molecule has 1 heterocycles. The summed E-state index contributed by atoms with van der Waals surface area (Å²) >= 11 is 2.00. The highest BCUT2D eigenvalue weighted by Crippen LogP contribution is 2.25. The van der Waals surface area contributed by atoms with E-state index in [0.717, 1.165) is 6.04 Å². The molecule has 0 spiro atoms. The minimum Gasteiger partial charge on any atom is -0.313 e. The minimum absolute atomic E-state index is 0.731. The number of hydrogen-bond acceptors (Lipinski definition) is 2. The van der Waals surface area contributed by atoms with E-state index in [9.17, 15) is 0 Å². The van der Waals surface area contributed by atoms with Crippen molar-refractivity contribution in [2.45, 2.75) is 37.6 Å². The molecule has 82 valence electrons. The van der Waals surface area contributed by atoms with Crippen LogP contribution >= 0.6 is 11.8 Å². The molecule has 0 unspecified atom stereocenters. The molecule has 1 aromatic rings. The zero-order chi connectivity index (χ0) is 10.7. The van der Waals surface area contributed by atoms with Crippen molar-refractivity contribution in [1.29, 1.82) is 0 Å². The lowest BCUT2D eigenvalue weighted by Crippen LogP contribution is -2.23. The maximum atomic E-state index is 3.54. The molecule has 0 aromatic heterocycles. The van der Waals surface area contributed by atoms with Crippen LogP contribution in [0.2, 0.25) is 0 Å². The highest BCUT2D eigenvalue weighted by atomic mass is 32.2. The zero-order valence-corrected chi connectivity index (χ0v) is 10.4. The average Bonchev–Trinajstić information content (AvgIpc) is 2.72. The maximum absolute atomic E-state index is 3.54. The Morgan fingerprint density at radius 3 is 3.00 bits per heavy atom. The van der Waals surface area contributed by atoms with Crippen molar-refractivity contribution in [2.75, 3.05) is 12.3 Å². The molecule has 1 aromatic carbocycles. The molecule has 0 aliphatic carbocycles. The molecule has 1 aliphatic rings. The van der Waals surface area contributed by atoms with Crippen LogP contribution in [-0.2, 0) is 0 Å². The van der Waals surface area contributed by atoms with Crippen LogP contribution in [0.3, 0.4) is 0 Å². The second kappa shape index (κ2) is 5.04. The third kappa shape index (κ3) is 2.99. The molecule has 1 fully saturated rings. The predicted molar refractivity (Wildman–Crippen MR) is 67.7 cm³/mol. The van der Waals surface area contributed by atoms with Crippen LogP contribution in [0.4, 0.5) is 0 Å². The smallest absolute Gasteiger partial charge is 0.0162 e. The Balaban J connectivity index is 1.94. The highest BCUT2D eigenvalue weighted by molar-refractivity contribution is 7.99. The van der Waals surface area contributed by atoms with Crippen molar-refractivity contribution in [1.82, 2.24) is 5.32 Å². The molecule has 1 atom stereocenters. The summed E-state index contributed by atoms with van der Waals surface area (Å²) < 4.78 is 0. The number of benzene rings is 1. The minimum atomic E-state index is 0.731. The van der Waals surface area contributed by atoms with Gasteiger partial charge in [-0.1, -0.05) is 17.7 Å². The number of aryl methyl sites for hydroxylation is 2. The van der Waals surface area contributed by atoms with Gasteiger partial charge in [-0.05, 0) is 44.9 Å². The van der Waals surface area contributed by atoms with E-state index in [0.29, 0.717) is 0 Å². The van der Waals surface area contributed by atoms with Gasteiger partial charge < -0.3 is 5.32 Å². The van der Waals surface area contributed by atoms with Crippen molar-refractivity contribution < 1.29 is 0 Å². The van der Waals surface area contributed by atoms with Gasteiger partial charge in [-0.2, -0.15) is 0 Å². The third-order valence-corrected chi connectivity index (χ3v) is 4.27. The van der Waals surface area contributed by atoms with Gasteiger partial charge in [-0.25, -0.2) is 0 Å². The highest BCUT2D eigenvalue weighted by Gasteiger charge is 2.14. The molecule has 1 aliphatic heterocycles. The first-order valence-corrected chi connectivity index (χ1v) is 6.68. The first kappa shape index (κ1) is 11.0. The Labute approximate surface area is 96.7 Å². The van der Waals surface area contributed by atoms with Crippen LogP contribution in [0.5, 0.6) is 0 Å². The summed E-state index contributed by atoms with van der Waals surface area (Å²) in [6.07, 6.45) is 2.69. The van der Waals surface area contributed by atoms with Gasteiger partial charge in [0, 0.05) is 16.7 Å². The Morgan fingerprint density at radius 2 is 2.27 bits per heavy atom. The fourth-order valence-electron chi connectivity index (χ4n) is 1.95. The summed E-state index contributed by atoms with van der Waals surface area (Å²) in [4.78, 5) is 1.45. The third-order valence-electron chi connectivity index (χ3n) is 2.95. The van der Waals surface area contributed by atoms with E-state index in [1.54, 1.807) is 0 Å². The van der Waals surface area contributed by atoms with Gasteiger partial charge in [0.2, 0.25) is 0 Å². The van der Waals surface area contributed by atoms with E-state index in [4.69, 9.17) is 0 Å². The Hall–Kier alpha value is -0.470. The number of rotatable bonds is 3. The fraction of sp³-hybridized carbons (Fsp3) is 0.538. The molecule has 0 bridgehead atoms. The first-order valence-electron chi connectivity index (χ1n) is 5.69. The van der Waals surface area contributed by atoms with E-state index >= 15 is 0 Å². The maximum Gasteiger partial charge on any atom is 0.0162 e. The van der Waals surface area contributed by atoms with Crippen LogP contribution < -0.4 is 5.32 Å². The topological polar surface area (TPSA) is 12.0 Å². The van der Waals surface area contributed by atoms with E-state index < -0.39 is 0 Å².